The Morgan fingerprint density at radius 3 is 1.02 bits per heavy atom. The molecule has 20 atom stereocenters. The summed E-state index contributed by atoms with van der Waals surface area (Å²) < 4.78 is 115. The minimum atomic E-state index is -3.03. The van der Waals surface area contributed by atoms with E-state index in [-0.39, 0.29) is 22.7 Å². The second kappa shape index (κ2) is 43.0. The van der Waals surface area contributed by atoms with Crippen molar-refractivity contribution in [2.45, 2.75) is 149 Å². The summed E-state index contributed by atoms with van der Waals surface area (Å²) in [5, 5.41) is 166. The smallest absolute Gasteiger partial charge is 0.271 e. The maximum absolute atomic E-state index is 14.1. The van der Waals surface area contributed by atoms with Crippen molar-refractivity contribution in [1.82, 2.24) is 0 Å². The van der Waals surface area contributed by atoms with Crippen LogP contribution in [0.25, 0.3) is 91.7 Å². The first kappa shape index (κ1) is 95.3. The predicted molar refractivity (Wildman–Crippen MR) is 474 cm³/mol. The highest BCUT2D eigenvalue weighted by Gasteiger charge is 2.49. The Balaban J connectivity index is 0.000000147. The van der Waals surface area contributed by atoms with Gasteiger partial charge in [0, 0.05) is 58.2 Å². The van der Waals surface area contributed by atoms with Gasteiger partial charge in [0.1, 0.15) is 126 Å². The van der Waals surface area contributed by atoms with Crippen molar-refractivity contribution in [3.05, 3.63) is 310 Å². The van der Waals surface area contributed by atoms with Crippen LogP contribution in [0, 0.1) is 5.82 Å². The molecule has 4 aliphatic rings. The van der Waals surface area contributed by atoms with Crippen molar-refractivity contribution in [3.8, 4) is 23.0 Å². The van der Waals surface area contributed by atoms with Gasteiger partial charge < -0.3 is 120 Å². The van der Waals surface area contributed by atoms with E-state index >= 15 is 0 Å². The van der Waals surface area contributed by atoms with Crippen LogP contribution in [0.3, 0.4) is 0 Å². The molecule has 24 nitrogen and oxygen atoms in total. The molecule has 16 rings (SSSR count). The first-order chi connectivity index (χ1) is 61.9. The fraction of sp³-hybridized carbons (Fsp3) is 0.280. The number of aliphatic hydroxyl groups is 16. The van der Waals surface area contributed by atoms with Gasteiger partial charge in [-0.05, 0) is 103 Å². The van der Waals surface area contributed by atoms with E-state index in [0.717, 1.165) is 68.1 Å². The van der Waals surface area contributed by atoms with Crippen molar-refractivity contribution < 1.29 is 142 Å². The third kappa shape index (κ3) is 23.1. The van der Waals surface area contributed by atoms with Gasteiger partial charge in [0.15, 0.2) is 0 Å². The summed E-state index contributed by atoms with van der Waals surface area (Å²) in [4.78, 5) is 0. The Hall–Kier alpha value is -11.3. The van der Waals surface area contributed by atoms with Gasteiger partial charge in [0.2, 0.25) is 25.2 Å². The Kier molecular flexibility index (Phi) is 31.7. The highest BCUT2D eigenvalue weighted by Crippen LogP contribution is 2.40. The molecular weight excluding hydrogens is 1680 g/mol. The highest BCUT2D eigenvalue weighted by atomic mass is 19.3. The predicted octanol–water partition coefficient (Wildman–Crippen LogP) is 11.1. The minimum absolute atomic E-state index is 0.106. The van der Waals surface area contributed by atoms with Crippen molar-refractivity contribution in [1.29, 1.82) is 0 Å². The topological polar surface area (TPSA) is 398 Å². The molecular formula is C100H99F5O24. The number of aliphatic hydroxyl groups excluding tert-OH is 16. The summed E-state index contributed by atoms with van der Waals surface area (Å²) in [6, 6.07) is 73.1. The molecule has 4 aliphatic heterocycles. The second-order valence-corrected chi connectivity index (χ2v) is 31.4. The monoisotopic (exact) mass is 1780 g/mol. The summed E-state index contributed by atoms with van der Waals surface area (Å²) in [6.45, 7) is -0.552. The van der Waals surface area contributed by atoms with E-state index in [1.165, 1.54) is 24.3 Å². The van der Waals surface area contributed by atoms with Crippen LogP contribution in [0.5, 0.6) is 23.0 Å². The lowest BCUT2D eigenvalue weighted by atomic mass is 9.99. The molecule has 12 aromatic carbocycles. The van der Waals surface area contributed by atoms with Crippen LogP contribution < -0.4 is 18.9 Å². The van der Waals surface area contributed by atoms with Crippen molar-refractivity contribution in [3.63, 3.8) is 0 Å². The van der Waals surface area contributed by atoms with Gasteiger partial charge in [-0.3, -0.25) is 0 Å². The van der Waals surface area contributed by atoms with Gasteiger partial charge in [-0.25, -0.2) is 22.0 Å². The quantitative estimate of drug-likeness (QED) is 0.0221. The summed E-state index contributed by atoms with van der Waals surface area (Å²) >= 11 is 0. The van der Waals surface area contributed by atoms with Crippen LogP contribution in [-0.2, 0) is 30.8 Å². The normalized spacial score (nSPS) is 26.1. The van der Waals surface area contributed by atoms with E-state index in [0.29, 0.717) is 50.6 Å². The van der Waals surface area contributed by atoms with E-state index in [1.54, 1.807) is 109 Å². The Morgan fingerprint density at radius 1 is 0.279 bits per heavy atom. The minimum Gasteiger partial charge on any atom is -0.461 e. The first-order valence-corrected chi connectivity index (χ1v) is 41.4. The van der Waals surface area contributed by atoms with Crippen molar-refractivity contribution in [2.75, 3.05) is 26.4 Å². The molecule has 0 radical (unpaired) electrons. The molecule has 16 N–H and O–H groups in total. The fourth-order valence-electron chi connectivity index (χ4n) is 14.9. The lowest BCUT2D eigenvalue weighted by Crippen LogP contribution is -2.60. The van der Waals surface area contributed by atoms with E-state index in [9.17, 15) is 104 Å². The number of halogens is 5. The van der Waals surface area contributed by atoms with E-state index < -0.39 is 161 Å². The zero-order valence-electron chi connectivity index (χ0n) is 69.5. The zero-order valence-corrected chi connectivity index (χ0v) is 69.5. The number of hydrogen-bond donors (Lipinski definition) is 16. The average Bonchev–Trinajstić information content (AvgIpc) is 0.800. The lowest BCUT2D eigenvalue weighted by molar-refractivity contribution is -0.277. The van der Waals surface area contributed by atoms with E-state index in [1.807, 2.05) is 164 Å². The number of alkyl halides is 4. The van der Waals surface area contributed by atoms with Gasteiger partial charge in [0.05, 0.1) is 26.4 Å². The lowest BCUT2D eigenvalue weighted by Gasteiger charge is -2.39. The molecule has 4 unspecified atom stereocenters. The largest absolute Gasteiger partial charge is 0.461 e. The molecule has 129 heavy (non-hydrogen) atoms. The summed E-state index contributed by atoms with van der Waals surface area (Å²) in [5.74, 6) is -4.99. The fourth-order valence-corrected chi connectivity index (χ4v) is 14.9. The molecule has 0 bridgehead atoms. The molecule has 4 heterocycles. The molecule has 12 aromatic rings. The number of fused-ring (bicyclic) bond motifs is 4. The number of benzene rings is 12. The zero-order chi connectivity index (χ0) is 92.0. The van der Waals surface area contributed by atoms with Crippen molar-refractivity contribution >= 4 is 91.7 Å². The summed E-state index contributed by atoms with van der Waals surface area (Å²) in [7, 11) is 0. The summed E-state index contributed by atoms with van der Waals surface area (Å²) in [5.41, 5.74) is 4.53. The average molecular weight is 1780 g/mol. The second-order valence-electron chi connectivity index (χ2n) is 31.4. The molecule has 0 spiro atoms. The molecule has 4 saturated heterocycles. The molecule has 0 amide bonds. The van der Waals surface area contributed by atoms with Crippen LogP contribution in [-0.4, -0.2) is 231 Å². The number of ether oxygens (including phenoxy) is 8. The maximum atomic E-state index is 14.1. The third-order valence-corrected chi connectivity index (χ3v) is 22.2. The maximum Gasteiger partial charge on any atom is 0.271 e. The summed E-state index contributed by atoms with van der Waals surface area (Å²) in [6.07, 6.45) is -14.3. The SMILES string of the molecule is CC(F)(F)c1cccc(/C=C/c2cc3ccccc3cc2OC2O[C@H](CO)[C@@H](O)[C@H](O)[C@H]2O)c1.CC(F)(F)c1ccccc1/C=C/c1cc2ccccc2cc1OC1O[C@H](CO)[C@@H](O)[C@H](O)[C@H]1O.OC[C@H]1OC(Oc2c(/C=C/c3ccccc3)ccc3ccccc23)[C@H](O)[C@@H](O)[C@@H]1O.OC[C@H]1OC(Oc2cc3ccccc3cc2/C=C/c2ccccc2F)[C@H](O)[C@@H](O)[C@@H]1O. The molecule has 4 fully saturated rings. The Labute approximate surface area is 737 Å². The first-order valence-electron chi connectivity index (χ1n) is 41.4. The number of rotatable bonds is 22. The molecule has 0 aromatic heterocycles. The van der Waals surface area contributed by atoms with Gasteiger partial charge in [-0.1, -0.05) is 249 Å². The highest BCUT2D eigenvalue weighted by molar-refractivity contribution is 5.94. The Morgan fingerprint density at radius 2 is 0.605 bits per heavy atom. The van der Waals surface area contributed by atoms with Crippen LogP contribution in [0.4, 0.5) is 22.0 Å². The molecule has 678 valence electrons. The molecule has 0 saturated carbocycles. The third-order valence-electron chi connectivity index (χ3n) is 22.2. The number of hydrogen-bond acceptors (Lipinski definition) is 24. The van der Waals surface area contributed by atoms with E-state index in [2.05, 4.69) is 0 Å². The van der Waals surface area contributed by atoms with Crippen molar-refractivity contribution in [2.24, 2.45) is 0 Å². The van der Waals surface area contributed by atoms with Crippen LogP contribution in [0.15, 0.2) is 249 Å². The van der Waals surface area contributed by atoms with Gasteiger partial charge in [-0.15, -0.1) is 0 Å². The van der Waals surface area contributed by atoms with Crippen LogP contribution >= 0.6 is 0 Å². The van der Waals surface area contributed by atoms with Gasteiger partial charge in [0.25, 0.3) is 11.8 Å². The molecule has 0 aliphatic carbocycles. The van der Waals surface area contributed by atoms with Crippen LogP contribution in [0.1, 0.15) is 69.5 Å². The molecule has 29 heteroatoms. The van der Waals surface area contributed by atoms with Gasteiger partial charge >= 0.3 is 0 Å². The van der Waals surface area contributed by atoms with Crippen LogP contribution in [0.2, 0.25) is 0 Å². The van der Waals surface area contributed by atoms with E-state index in [4.69, 9.17) is 37.9 Å². The standard InChI is InChI=1S/2C26H26F2O6.C24H23FO6.C24H24O6/c1-26(27,28)19-9-5-4-6-15(19)10-11-18-12-16-7-2-3-8-17(16)13-20(18)33-25-24(32)23(31)22(30)21(14-29)34-25;1-26(27,28)19-8-4-5-15(11-19)9-10-18-12-16-6-2-3-7-17(16)13-20(18)33-25-24(32)23(31)22(30)21(14-29)34-25;25-18-8-4-3-5-14(18)9-10-17-11-15-6-1-2-7-16(15)12-19(17)30-24-23(29)22(28)21(27)20(13-26)31-24;25-14-19-20(26)21(27)22(28)24(29-19)30-23-17(11-10-15-6-2-1-3-7-15)13-12-16-8-4-5-9-18(16)23/h2*2-13,21-25,29-32H,14H2,1H3;1-12,20-24,26-29H,13H2;1-13,19-22,24-28H,14H2/b11-10+;2*10-9+;11-10+/t2*21-,22-,23+,24-,25?;20-,21-,22+,23-,24?;19-,20-,21+,22-,24?/m1111/s1. The Bertz CT molecular complexity index is 5870. The van der Waals surface area contributed by atoms with Gasteiger partial charge in [-0.2, -0.15) is 0 Å².